The number of halogens is 2. The summed E-state index contributed by atoms with van der Waals surface area (Å²) in [4.78, 5) is 0. The van der Waals surface area contributed by atoms with E-state index in [0.717, 1.165) is 0 Å². The van der Waals surface area contributed by atoms with Gasteiger partial charge in [0.1, 0.15) is 5.75 Å². The lowest BCUT2D eigenvalue weighted by Gasteiger charge is -2.18. The zero-order valence-electron chi connectivity index (χ0n) is 11.9. The zero-order valence-corrected chi connectivity index (χ0v) is 11.9. The Kier molecular flexibility index (Phi) is 5.93. The van der Waals surface area contributed by atoms with Crippen LogP contribution in [0.1, 0.15) is 38.8 Å². The normalized spacial score (nSPS) is 12.8. The lowest BCUT2D eigenvalue weighted by Crippen LogP contribution is -2.28. The number of ether oxygens (including phenoxy) is 1. The Morgan fingerprint density at radius 3 is 2.50 bits per heavy atom. The molecule has 1 rings (SSSR count). The molecule has 0 saturated heterocycles. The number of rotatable bonds is 5. The highest BCUT2D eigenvalue weighted by Gasteiger charge is 2.16. The van der Waals surface area contributed by atoms with Crippen molar-refractivity contribution in [2.24, 2.45) is 11.3 Å². The maximum atomic E-state index is 12.4. The van der Waals surface area contributed by atoms with Crippen LogP contribution in [0.3, 0.4) is 0 Å². The Bertz CT molecular complexity index is 487. The molecular weight excluding hydrogens is 262 g/mol. The fourth-order valence-electron chi connectivity index (χ4n) is 1.65. The molecule has 3 nitrogen and oxygen atoms in total. The summed E-state index contributed by atoms with van der Waals surface area (Å²) >= 11 is 0. The fraction of sp³-hybridized carbons (Fsp3) is 0.467. The third-order valence-electron chi connectivity index (χ3n) is 2.48. The second-order valence-electron chi connectivity index (χ2n) is 5.39. The van der Waals surface area contributed by atoms with Crippen LogP contribution in [0.5, 0.6) is 5.75 Å². The number of alkyl halides is 2. The van der Waals surface area contributed by atoms with Gasteiger partial charge < -0.3 is 4.74 Å². The first-order valence-corrected chi connectivity index (χ1v) is 6.33. The molecule has 1 unspecified atom stereocenters. The summed E-state index contributed by atoms with van der Waals surface area (Å²) in [6, 6.07) is 6.20. The van der Waals surface area contributed by atoms with Crippen molar-refractivity contribution in [2.75, 3.05) is 0 Å². The summed E-state index contributed by atoms with van der Waals surface area (Å²) in [5.74, 6) is 11.7. The van der Waals surface area contributed by atoms with E-state index in [2.05, 4.69) is 22.0 Å². The van der Waals surface area contributed by atoms with E-state index in [1.54, 1.807) is 18.2 Å². The molecule has 0 aliphatic carbocycles. The van der Waals surface area contributed by atoms with E-state index in [-0.39, 0.29) is 17.2 Å². The number of hydrogen-bond donors (Lipinski definition) is 2. The Labute approximate surface area is 118 Å². The number of hydrazine groups is 1. The van der Waals surface area contributed by atoms with Gasteiger partial charge in [-0.1, -0.05) is 24.1 Å². The Balaban J connectivity index is 2.91. The summed E-state index contributed by atoms with van der Waals surface area (Å²) in [6.45, 7) is 3.13. The summed E-state index contributed by atoms with van der Waals surface area (Å²) in [5, 5.41) is 0. The Hall–Kier alpha value is -1.64. The van der Waals surface area contributed by atoms with Crippen LogP contribution in [-0.4, -0.2) is 6.61 Å². The first-order chi connectivity index (χ1) is 9.33. The van der Waals surface area contributed by atoms with Crippen LogP contribution in [0.4, 0.5) is 8.78 Å². The molecule has 0 radical (unpaired) electrons. The van der Waals surface area contributed by atoms with Gasteiger partial charge in [0.25, 0.3) is 0 Å². The quantitative estimate of drug-likeness (QED) is 0.495. The Morgan fingerprint density at radius 2 is 1.95 bits per heavy atom. The minimum absolute atomic E-state index is 0.113. The van der Waals surface area contributed by atoms with Crippen LogP contribution in [0, 0.1) is 17.3 Å². The van der Waals surface area contributed by atoms with Gasteiger partial charge in [0.2, 0.25) is 0 Å². The molecule has 0 aliphatic rings. The molecule has 1 aromatic carbocycles. The maximum absolute atomic E-state index is 12.4. The predicted octanol–water partition coefficient (Wildman–Crippen LogP) is 3.23. The highest BCUT2D eigenvalue weighted by molar-refractivity contribution is 5.36. The van der Waals surface area contributed by atoms with Gasteiger partial charge in [0.15, 0.2) is 0 Å². The number of para-hydroxylation sites is 1. The van der Waals surface area contributed by atoms with E-state index < -0.39 is 6.61 Å². The van der Waals surface area contributed by atoms with Gasteiger partial charge in [0, 0.05) is 17.4 Å². The maximum Gasteiger partial charge on any atom is 0.387 e. The van der Waals surface area contributed by atoms with Gasteiger partial charge in [-0.15, -0.1) is 5.92 Å². The molecule has 3 N–H and O–H groups in total. The molecule has 1 atom stereocenters. The average Bonchev–Trinajstić information content (AvgIpc) is 2.34. The third kappa shape index (κ3) is 5.55. The molecule has 20 heavy (non-hydrogen) atoms. The lowest BCUT2D eigenvalue weighted by molar-refractivity contribution is -0.0507. The zero-order chi connectivity index (χ0) is 15.2. The smallest absolute Gasteiger partial charge is 0.387 e. The van der Waals surface area contributed by atoms with Gasteiger partial charge >= 0.3 is 6.61 Å². The molecule has 0 bridgehead atoms. The van der Waals surface area contributed by atoms with Crippen molar-refractivity contribution in [3.63, 3.8) is 0 Å². The number of nitrogens with one attached hydrogen (secondary N) is 1. The van der Waals surface area contributed by atoms with Crippen LogP contribution in [0.2, 0.25) is 0 Å². The third-order valence-corrected chi connectivity index (χ3v) is 2.48. The highest BCUT2D eigenvalue weighted by atomic mass is 19.3. The molecule has 0 heterocycles. The van der Waals surface area contributed by atoms with Crippen molar-refractivity contribution >= 4 is 0 Å². The second-order valence-corrected chi connectivity index (χ2v) is 5.39. The molecule has 0 amide bonds. The second kappa shape index (κ2) is 7.22. The van der Waals surface area contributed by atoms with Gasteiger partial charge in [-0.25, -0.2) is 0 Å². The van der Waals surface area contributed by atoms with Gasteiger partial charge in [-0.3, -0.25) is 11.3 Å². The molecule has 0 aromatic heterocycles. The molecule has 0 fully saturated rings. The van der Waals surface area contributed by atoms with Crippen LogP contribution >= 0.6 is 0 Å². The van der Waals surface area contributed by atoms with E-state index in [1.165, 1.54) is 6.07 Å². The minimum Gasteiger partial charge on any atom is -0.434 e. The van der Waals surface area contributed by atoms with E-state index in [1.807, 2.05) is 20.8 Å². The van der Waals surface area contributed by atoms with Crippen LogP contribution in [0.15, 0.2) is 24.3 Å². The largest absolute Gasteiger partial charge is 0.434 e. The molecule has 0 aliphatic heterocycles. The summed E-state index contributed by atoms with van der Waals surface area (Å²) in [7, 11) is 0. The van der Waals surface area contributed by atoms with E-state index in [0.29, 0.717) is 12.0 Å². The van der Waals surface area contributed by atoms with Crippen LogP contribution < -0.4 is 16.0 Å². The SMILES string of the molecule is CC(C)(C)C#CCC(NN)c1ccccc1OC(F)F. The predicted molar refractivity (Wildman–Crippen MR) is 75.0 cm³/mol. The lowest BCUT2D eigenvalue weighted by atomic mass is 9.96. The standard InChI is InChI=1S/C15H20F2N2O/c1-15(2,3)10-6-8-12(19-18)11-7-4-5-9-13(11)20-14(16)17/h4-5,7,9,12,14,19H,8,18H2,1-3H3. The summed E-state index contributed by atoms with van der Waals surface area (Å²) in [6.07, 6.45) is 0.414. The number of nitrogens with two attached hydrogens (primary N) is 1. The number of hydrogen-bond acceptors (Lipinski definition) is 3. The molecule has 5 heteroatoms. The van der Waals surface area contributed by atoms with Crippen molar-refractivity contribution in [2.45, 2.75) is 39.8 Å². The van der Waals surface area contributed by atoms with Gasteiger partial charge in [-0.05, 0) is 26.8 Å². The van der Waals surface area contributed by atoms with Gasteiger partial charge in [0.05, 0.1) is 6.04 Å². The van der Waals surface area contributed by atoms with Crippen molar-refractivity contribution in [1.29, 1.82) is 0 Å². The fourth-order valence-corrected chi connectivity index (χ4v) is 1.65. The van der Waals surface area contributed by atoms with Crippen molar-refractivity contribution in [3.05, 3.63) is 29.8 Å². The van der Waals surface area contributed by atoms with Crippen molar-refractivity contribution in [1.82, 2.24) is 5.43 Å². The molecule has 0 spiro atoms. The topological polar surface area (TPSA) is 47.3 Å². The number of benzene rings is 1. The first-order valence-electron chi connectivity index (χ1n) is 6.33. The van der Waals surface area contributed by atoms with E-state index >= 15 is 0 Å². The monoisotopic (exact) mass is 282 g/mol. The van der Waals surface area contributed by atoms with Gasteiger partial charge in [-0.2, -0.15) is 8.78 Å². The average molecular weight is 282 g/mol. The summed E-state index contributed by atoms with van der Waals surface area (Å²) in [5.41, 5.74) is 3.05. The summed E-state index contributed by atoms with van der Waals surface area (Å²) < 4.78 is 29.2. The minimum atomic E-state index is -2.87. The first kappa shape index (κ1) is 16.4. The van der Waals surface area contributed by atoms with Crippen LogP contribution in [-0.2, 0) is 0 Å². The molecule has 0 saturated carbocycles. The van der Waals surface area contributed by atoms with E-state index in [4.69, 9.17) is 5.84 Å². The van der Waals surface area contributed by atoms with Crippen molar-refractivity contribution in [3.8, 4) is 17.6 Å². The van der Waals surface area contributed by atoms with Crippen LogP contribution in [0.25, 0.3) is 0 Å². The van der Waals surface area contributed by atoms with Crippen molar-refractivity contribution < 1.29 is 13.5 Å². The highest BCUT2D eigenvalue weighted by Crippen LogP contribution is 2.27. The molecular formula is C15H20F2N2O. The molecule has 1 aromatic rings. The van der Waals surface area contributed by atoms with E-state index in [9.17, 15) is 8.78 Å². The Morgan fingerprint density at radius 1 is 1.30 bits per heavy atom. The molecule has 110 valence electrons.